The van der Waals surface area contributed by atoms with Gasteiger partial charge in [-0.05, 0) is 54.0 Å². The molecule has 0 spiro atoms. The first-order valence-electron chi connectivity index (χ1n) is 13.2. The zero-order valence-electron chi connectivity index (χ0n) is 22.7. The number of nitrogens with one attached hydrogen (secondary N) is 1. The summed E-state index contributed by atoms with van der Waals surface area (Å²) in [4.78, 5) is 23.8. The second-order valence-corrected chi connectivity index (χ2v) is 10.6. The van der Waals surface area contributed by atoms with Crippen LogP contribution in [0, 0.1) is 17.6 Å². The van der Waals surface area contributed by atoms with Gasteiger partial charge in [0.15, 0.2) is 0 Å². The highest BCUT2D eigenvalue weighted by molar-refractivity contribution is 7.28. The van der Waals surface area contributed by atoms with Crippen molar-refractivity contribution in [1.29, 1.82) is 0 Å². The Hall–Kier alpha value is -3.86. The molecule has 1 saturated heterocycles. The van der Waals surface area contributed by atoms with Gasteiger partial charge >= 0.3 is 0 Å². The third-order valence-electron chi connectivity index (χ3n) is 7.06. The van der Waals surface area contributed by atoms with Gasteiger partial charge in [-0.2, -0.15) is 0 Å². The third-order valence-corrected chi connectivity index (χ3v) is 7.52. The zero-order valence-corrected chi connectivity index (χ0v) is 23.8. The molecule has 41 heavy (non-hydrogen) atoms. The standard InChI is InChI=1S/C28H31F2N8O2P/c1-3-40-15-17-10-19(30)25(24(41)11-17)26-18(29)4-5-21(34-26)28(39)35-22-12-32-7-6-23(22)37-13-16(2)27(20(31)14-37)38-9-8-33-36-38/h4-12,16,20,27H,3,13-15,31,41H2,1-2H3,(H,35,39)/t16-,20+,27-/m0/s1. The fourth-order valence-corrected chi connectivity index (χ4v) is 5.76. The number of ether oxygens (including phenoxy) is 1. The van der Waals surface area contributed by atoms with Gasteiger partial charge in [-0.25, -0.2) is 18.4 Å². The molecule has 1 amide bonds. The Morgan fingerprint density at radius 3 is 2.73 bits per heavy atom. The number of rotatable bonds is 8. The maximum Gasteiger partial charge on any atom is 0.274 e. The second-order valence-electron chi connectivity index (χ2n) is 9.97. The van der Waals surface area contributed by atoms with E-state index in [-0.39, 0.29) is 41.6 Å². The van der Waals surface area contributed by atoms with Crippen LogP contribution in [0.2, 0.25) is 0 Å². The highest BCUT2D eigenvalue weighted by atomic mass is 31.0. The number of nitrogens with two attached hydrogens (primary N) is 1. The van der Waals surface area contributed by atoms with Crippen LogP contribution in [0.25, 0.3) is 11.3 Å². The fourth-order valence-electron chi connectivity index (χ4n) is 5.27. The van der Waals surface area contributed by atoms with E-state index in [4.69, 9.17) is 10.5 Å². The van der Waals surface area contributed by atoms with Gasteiger partial charge in [0.05, 0.1) is 36.4 Å². The Balaban J connectivity index is 1.38. The predicted octanol–water partition coefficient (Wildman–Crippen LogP) is 3.33. The second kappa shape index (κ2) is 12.3. The monoisotopic (exact) mass is 580 g/mol. The lowest BCUT2D eigenvalue weighted by Gasteiger charge is -2.42. The van der Waals surface area contributed by atoms with E-state index in [0.29, 0.717) is 36.3 Å². The normalized spacial score (nSPS) is 18.9. The summed E-state index contributed by atoms with van der Waals surface area (Å²) in [7, 11) is 2.40. The van der Waals surface area contributed by atoms with Gasteiger partial charge in [-0.1, -0.05) is 12.1 Å². The maximum absolute atomic E-state index is 15.1. The van der Waals surface area contributed by atoms with Crippen LogP contribution in [0.1, 0.15) is 35.9 Å². The molecule has 4 aromatic rings. The number of nitrogens with zero attached hydrogens (tertiary/aromatic N) is 6. The molecule has 1 unspecified atom stereocenters. The number of pyridine rings is 2. The number of hydrogen-bond acceptors (Lipinski definition) is 8. The molecule has 1 aromatic carbocycles. The molecule has 1 aliphatic heterocycles. The Kier molecular flexibility index (Phi) is 8.63. The summed E-state index contributed by atoms with van der Waals surface area (Å²) < 4.78 is 37.1. The van der Waals surface area contributed by atoms with Gasteiger partial charge < -0.3 is 20.7 Å². The molecule has 10 nitrogen and oxygen atoms in total. The van der Waals surface area contributed by atoms with E-state index >= 15 is 4.39 Å². The van der Waals surface area contributed by atoms with Crippen LogP contribution in [0.15, 0.2) is 55.1 Å². The smallest absolute Gasteiger partial charge is 0.274 e. The van der Waals surface area contributed by atoms with Crippen molar-refractivity contribution in [3.8, 4) is 11.3 Å². The number of amides is 1. The predicted molar refractivity (Wildman–Crippen MR) is 155 cm³/mol. The summed E-state index contributed by atoms with van der Waals surface area (Å²) in [6.45, 7) is 5.80. The quantitative estimate of drug-likeness (QED) is 0.304. The van der Waals surface area contributed by atoms with Gasteiger partial charge in [-0.15, -0.1) is 14.3 Å². The summed E-state index contributed by atoms with van der Waals surface area (Å²) in [6, 6.07) is 6.87. The number of piperidine rings is 1. The summed E-state index contributed by atoms with van der Waals surface area (Å²) >= 11 is 0. The average molecular weight is 581 g/mol. The fraction of sp³-hybridized carbons (Fsp3) is 0.321. The molecule has 3 aromatic heterocycles. The lowest BCUT2D eigenvalue weighted by Crippen LogP contribution is -2.53. The van der Waals surface area contributed by atoms with E-state index in [1.807, 2.05) is 6.92 Å². The highest BCUT2D eigenvalue weighted by Crippen LogP contribution is 2.33. The number of carbonyl (C=O) groups is 1. The van der Waals surface area contributed by atoms with E-state index in [9.17, 15) is 9.18 Å². The molecule has 0 aliphatic carbocycles. The largest absolute Gasteiger partial charge is 0.377 e. The van der Waals surface area contributed by atoms with E-state index in [1.54, 1.807) is 35.4 Å². The van der Waals surface area contributed by atoms with Crippen molar-refractivity contribution in [2.45, 2.75) is 32.5 Å². The summed E-state index contributed by atoms with van der Waals surface area (Å²) in [5, 5.41) is 11.3. The molecule has 214 valence electrons. The summed E-state index contributed by atoms with van der Waals surface area (Å²) in [5.41, 5.74) is 7.97. The van der Waals surface area contributed by atoms with E-state index in [1.165, 1.54) is 18.3 Å². The summed E-state index contributed by atoms with van der Waals surface area (Å²) in [6.07, 6.45) is 6.61. The molecule has 4 atom stereocenters. The Morgan fingerprint density at radius 1 is 1.20 bits per heavy atom. The molecule has 0 bridgehead atoms. The molecule has 3 N–H and O–H groups in total. The Bertz CT molecular complexity index is 1500. The van der Waals surface area contributed by atoms with Crippen molar-refractivity contribution in [3.63, 3.8) is 0 Å². The summed E-state index contributed by atoms with van der Waals surface area (Å²) in [5.74, 6) is -1.86. The van der Waals surface area contributed by atoms with Gasteiger partial charge in [0, 0.05) is 43.7 Å². The van der Waals surface area contributed by atoms with Crippen molar-refractivity contribution < 1.29 is 18.3 Å². The minimum absolute atomic E-state index is 0.0225. The zero-order chi connectivity index (χ0) is 29.1. The van der Waals surface area contributed by atoms with Crippen LogP contribution in [-0.2, 0) is 11.3 Å². The number of halogens is 2. The Labute approximate surface area is 238 Å². The number of anilines is 2. The lowest BCUT2D eigenvalue weighted by molar-refractivity contribution is 0.102. The lowest BCUT2D eigenvalue weighted by atomic mass is 9.90. The van der Waals surface area contributed by atoms with E-state index in [0.717, 1.165) is 11.8 Å². The first-order valence-corrected chi connectivity index (χ1v) is 13.8. The number of hydrogen-bond donors (Lipinski definition) is 2. The van der Waals surface area contributed by atoms with Crippen molar-refractivity contribution in [3.05, 3.63) is 78.0 Å². The molecule has 4 heterocycles. The molecule has 0 saturated carbocycles. The third kappa shape index (κ3) is 6.09. The van der Waals surface area contributed by atoms with Gasteiger partial charge in [0.2, 0.25) is 0 Å². The average Bonchev–Trinajstić information content (AvgIpc) is 3.47. The molecular formula is C28H31F2N8O2P. The van der Waals surface area contributed by atoms with Crippen LogP contribution >= 0.6 is 9.24 Å². The SMILES string of the molecule is CCOCc1cc(F)c(-c2nc(C(=O)Nc3cnccc3N3C[C@@H](N)[C@@H](n4ccnn4)[C@@H](C)C3)ccc2F)c(P)c1. The molecular weight excluding hydrogens is 549 g/mol. The molecule has 5 rings (SSSR count). The minimum Gasteiger partial charge on any atom is -0.377 e. The van der Waals surface area contributed by atoms with Crippen molar-refractivity contribution >= 4 is 31.8 Å². The number of benzene rings is 1. The Morgan fingerprint density at radius 2 is 2.02 bits per heavy atom. The van der Waals surface area contributed by atoms with Crippen LogP contribution in [0.5, 0.6) is 0 Å². The van der Waals surface area contributed by atoms with Gasteiger partial charge in [0.1, 0.15) is 23.0 Å². The van der Waals surface area contributed by atoms with Gasteiger partial charge in [-0.3, -0.25) is 9.78 Å². The number of aromatic nitrogens is 5. The first-order chi connectivity index (χ1) is 19.8. The maximum atomic E-state index is 15.1. The molecule has 1 aliphatic rings. The van der Waals surface area contributed by atoms with Gasteiger partial charge in [0.25, 0.3) is 5.91 Å². The van der Waals surface area contributed by atoms with Crippen LogP contribution in [0.3, 0.4) is 0 Å². The first kappa shape index (κ1) is 28.7. The molecule has 13 heteroatoms. The van der Waals surface area contributed by atoms with Crippen LogP contribution in [0.4, 0.5) is 20.2 Å². The molecule has 0 radical (unpaired) electrons. The number of carbonyl (C=O) groups excluding carboxylic acids is 1. The van der Waals surface area contributed by atoms with Crippen LogP contribution < -0.4 is 21.3 Å². The van der Waals surface area contributed by atoms with E-state index < -0.39 is 17.5 Å². The minimum atomic E-state index is -0.748. The van der Waals surface area contributed by atoms with Crippen molar-refractivity contribution in [2.75, 3.05) is 29.9 Å². The highest BCUT2D eigenvalue weighted by Gasteiger charge is 2.35. The van der Waals surface area contributed by atoms with Crippen molar-refractivity contribution in [1.82, 2.24) is 25.0 Å². The van der Waals surface area contributed by atoms with E-state index in [2.05, 4.69) is 46.7 Å². The van der Waals surface area contributed by atoms with Crippen molar-refractivity contribution in [2.24, 2.45) is 11.7 Å². The topological polar surface area (TPSA) is 124 Å². The van der Waals surface area contributed by atoms with Crippen LogP contribution in [-0.4, -0.2) is 56.6 Å². The molecule has 1 fully saturated rings.